The van der Waals surface area contributed by atoms with Gasteiger partial charge in [0.25, 0.3) is 0 Å². The molecule has 0 amide bonds. The Balaban J connectivity index is 2.38. The molecule has 2 N–H and O–H groups in total. The summed E-state index contributed by atoms with van der Waals surface area (Å²) in [5.74, 6) is 0. The number of hydrogen-bond donors (Lipinski definition) is 1. The second kappa shape index (κ2) is 2.86. The molecule has 1 aliphatic rings. The molecule has 1 atom stereocenters. The molecule has 3 heteroatoms. The second-order valence-corrected chi connectivity index (χ2v) is 3.28. The van der Waals surface area contributed by atoms with Gasteiger partial charge in [0, 0.05) is 13.7 Å². The summed E-state index contributed by atoms with van der Waals surface area (Å²) < 4.78 is 5.03. The van der Waals surface area contributed by atoms with Crippen molar-refractivity contribution in [2.24, 2.45) is 5.73 Å². The molecule has 0 aromatic rings. The van der Waals surface area contributed by atoms with Crippen LogP contribution in [0.15, 0.2) is 0 Å². The first-order valence-corrected chi connectivity index (χ1v) is 3.63. The first-order valence-electron chi connectivity index (χ1n) is 3.63. The number of nitrogens with zero attached hydrogens (tertiary/aromatic N) is 1. The van der Waals surface area contributed by atoms with Crippen LogP contribution in [0.1, 0.15) is 6.42 Å². The number of nitrogens with two attached hydrogens (primary N) is 1. The average Bonchev–Trinajstić information content (AvgIpc) is 2.12. The third-order valence-electron chi connectivity index (χ3n) is 2.01. The maximum atomic E-state index is 5.99. The Hall–Kier alpha value is -0.120. The van der Waals surface area contributed by atoms with Crippen molar-refractivity contribution >= 4 is 0 Å². The molecule has 0 radical (unpaired) electrons. The standard InChI is InChI=1S/C7H16N2O/c1-9-4-3-7(8,5-9)6-10-2/h3-6,8H2,1-2H3. The van der Waals surface area contributed by atoms with Gasteiger partial charge in [-0.1, -0.05) is 0 Å². The highest BCUT2D eigenvalue weighted by Crippen LogP contribution is 2.16. The topological polar surface area (TPSA) is 38.5 Å². The monoisotopic (exact) mass is 144 g/mol. The van der Waals surface area contributed by atoms with Crippen LogP contribution in [0.3, 0.4) is 0 Å². The van der Waals surface area contributed by atoms with Crippen LogP contribution >= 0.6 is 0 Å². The molecule has 10 heavy (non-hydrogen) atoms. The summed E-state index contributed by atoms with van der Waals surface area (Å²) in [6.45, 7) is 2.73. The van der Waals surface area contributed by atoms with Crippen molar-refractivity contribution in [3.05, 3.63) is 0 Å². The lowest BCUT2D eigenvalue weighted by Crippen LogP contribution is -2.46. The predicted octanol–water partition coefficient (Wildman–Crippen LogP) is -0.334. The zero-order chi connectivity index (χ0) is 7.61. The fourth-order valence-electron chi connectivity index (χ4n) is 1.51. The second-order valence-electron chi connectivity index (χ2n) is 3.28. The third kappa shape index (κ3) is 1.68. The maximum Gasteiger partial charge on any atom is 0.0655 e. The van der Waals surface area contributed by atoms with Crippen LogP contribution in [0.25, 0.3) is 0 Å². The van der Waals surface area contributed by atoms with E-state index in [9.17, 15) is 0 Å². The fourth-order valence-corrected chi connectivity index (χ4v) is 1.51. The van der Waals surface area contributed by atoms with E-state index in [4.69, 9.17) is 10.5 Å². The summed E-state index contributed by atoms with van der Waals surface area (Å²) in [6, 6.07) is 0. The SMILES string of the molecule is COCC1(N)CCN(C)C1. The average molecular weight is 144 g/mol. The first kappa shape index (κ1) is 7.98. The summed E-state index contributed by atoms with van der Waals surface area (Å²) in [4.78, 5) is 2.24. The van der Waals surface area contributed by atoms with Crippen molar-refractivity contribution in [2.45, 2.75) is 12.0 Å². The lowest BCUT2D eigenvalue weighted by atomic mass is 10.0. The van der Waals surface area contributed by atoms with E-state index in [2.05, 4.69) is 11.9 Å². The van der Waals surface area contributed by atoms with Crippen LogP contribution < -0.4 is 5.73 Å². The molecule has 0 aromatic heterocycles. The van der Waals surface area contributed by atoms with E-state index in [-0.39, 0.29) is 5.54 Å². The van der Waals surface area contributed by atoms with Gasteiger partial charge in [0.05, 0.1) is 12.1 Å². The van der Waals surface area contributed by atoms with Crippen LogP contribution in [0.5, 0.6) is 0 Å². The Morgan fingerprint density at radius 1 is 1.70 bits per heavy atom. The fraction of sp³-hybridized carbons (Fsp3) is 1.00. The van der Waals surface area contributed by atoms with Crippen LogP contribution in [-0.4, -0.2) is 44.3 Å². The number of hydrogen-bond acceptors (Lipinski definition) is 3. The molecule has 1 heterocycles. The predicted molar refractivity (Wildman–Crippen MR) is 40.9 cm³/mol. The molecule has 0 saturated carbocycles. The van der Waals surface area contributed by atoms with Gasteiger partial charge in [-0.05, 0) is 20.0 Å². The van der Waals surface area contributed by atoms with Crippen molar-refractivity contribution in [3.63, 3.8) is 0 Å². The molecule has 3 nitrogen and oxygen atoms in total. The summed E-state index contributed by atoms with van der Waals surface area (Å²) >= 11 is 0. The van der Waals surface area contributed by atoms with E-state index in [1.165, 1.54) is 0 Å². The highest BCUT2D eigenvalue weighted by molar-refractivity contribution is 4.92. The zero-order valence-corrected chi connectivity index (χ0v) is 6.76. The summed E-state index contributed by atoms with van der Waals surface area (Å²) in [7, 11) is 3.79. The van der Waals surface area contributed by atoms with Crippen LogP contribution in [0.4, 0.5) is 0 Å². The molecule has 1 fully saturated rings. The summed E-state index contributed by atoms with van der Waals surface area (Å²) in [5.41, 5.74) is 5.91. The largest absolute Gasteiger partial charge is 0.383 e. The Morgan fingerprint density at radius 3 is 2.80 bits per heavy atom. The number of methoxy groups -OCH3 is 1. The minimum atomic E-state index is -0.0799. The Kier molecular flexibility index (Phi) is 2.28. The van der Waals surface area contributed by atoms with E-state index >= 15 is 0 Å². The van der Waals surface area contributed by atoms with Gasteiger partial charge < -0.3 is 15.4 Å². The highest BCUT2D eigenvalue weighted by Gasteiger charge is 2.32. The van der Waals surface area contributed by atoms with Crippen molar-refractivity contribution < 1.29 is 4.74 Å². The molecular weight excluding hydrogens is 128 g/mol. The maximum absolute atomic E-state index is 5.99. The van der Waals surface area contributed by atoms with Crippen LogP contribution in [-0.2, 0) is 4.74 Å². The normalized spacial score (nSPS) is 35.1. The minimum Gasteiger partial charge on any atom is -0.383 e. The number of likely N-dealkylation sites (tertiary alicyclic amines) is 1. The lowest BCUT2D eigenvalue weighted by Gasteiger charge is -2.21. The van der Waals surface area contributed by atoms with E-state index < -0.39 is 0 Å². The molecule has 1 rings (SSSR count). The van der Waals surface area contributed by atoms with Gasteiger partial charge in [-0.25, -0.2) is 0 Å². The van der Waals surface area contributed by atoms with Gasteiger partial charge in [0.15, 0.2) is 0 Å². The van der Waals surface area contributed by atoms with E-state index in [1.807, 2.05) is 0 Å². The molecule has 60 valence electrons. The van der Waals surface area contributed by atoms with Gasteiger partial charge in [0.2, 0.25) is 0 Å². The smallest absolute Gasteiger partial charge is 0.0655 e. The van der Waals surface area contributed by atoms with E-state index in [0.717, 1.165) is 19.5 Å². The quantitative estimate of drug-likeness (QED) is 0.576. The molecule has 1 aliphatic heterocycles. The number of rotatable bonds is 2. The van der Waals surface area contributed by atoms with Crippen molar-refractivity contribution in [1.29, 1.82) is 0 Å². The van der Waals surface area contributed by atoms with Crippen LogP contribution in [0.2, 0.25) is 0 Å². The van der Waals surface area contributed by atoms with Gasteiger partial charge in [0.1, 0.15) is 0 Å². The Bertz CT molecular complexity index is 114. The van der Waals surface area contributed by atoms with Gasteiger partial charge >= 0.3 is 0 Å². The Labute approximate surface area is 62.1 Å². The van der Waals surface area contributed by atoms with Crippen LogP contribution in [0, 0.1) is 0 Å². The molecule has 1 saturated heterocycles. The van der Waals surface area contributed by atoms with Gasteiger partial charge in [-0.15, -0.1) is 0 Å². The minimum absolute atomic E-state index is 0.0799. The third-order valence-corrected chi connectivity index (χ3v) is 2.01. The van der Waals surface area contributed by atoms with Gasteiger partial charge in [-0.2, -0.15) is 0 Å². The summed E-state index contributed by atoms with van der Waals surface area (Å²) in [6.07, 6.45) is 1.05. The van der Waals surface area contributed by atoms with Crippen molar-refractivity contribution in [2.75, 3.05) is 33.9 Å². The molecular formula is C7H16N2O. The molecule has 0 aliphatic carbocycles. The van der Waals surface area contributed by atoms with E-state index in [0.29, 0.717) is 6.61 Å². The molecule has 0 aromatic carbocycles. The van der Waals surface area contributed by atoms with Crippen molar-refractivity contribution in [1.82, 2.24) is 4.90 Å². The van der Waals surface area contributed by atoms with Crippen molar-refractivity contribution in [3.8, 4) is 0 Å². The number of likely N-dealkylation sites (N-methyl/N-ethyl adjacent to an activating group) is 1. The molecule has 1 unspecified atom stereocenters. The molecule has 0 spiro atoms. The zero-order valence-electron chi connectivity index (χ0n) is 6.76. The summed E-state index contributed by atoms with van der Waals surface area (Å²) in [5, 5.41) is 0. The van der Waals surface area contributed by atoms with Gasteiger partial charge in [-0.3, -0.25) is 0 Å². The lowest BCUT2D eigenvalue weighted by molar-refractivity contribution is 0.136. The Morgan fingerprint density at radius 2 is 2.40 bits per heavy atom. The number of ether oxygens (including phenoxy) is 1. The molecule has 0 bridgehead atoms. The highest BCUT2D eigenvalue weighted by atomic mass is 16.5. The first-order chi connectivity index (χ1) is 4.66. The van der Waals surface area contributed by atoms with E-state index in [1.54, 1.807) is 7.11 Å².